The molecule has 0 N–H and O–H groups in total. The number of nitro groups is 1. The van der Waals surface area contributed by atoms with Gasteiger partial charge in [0.15, 0.2) is 0 Å². The molecule has 1 aromatic rings. The lowest BCUT2D eigenvalue weighted by Gasteiger charge is -2.33. The fraction of sp³-hybridized carbons (Fsp3) is 0.533. The molecule has 1 heterocycles. The molecule has 126 valence electrons. The molecule has 23 heavy (non-hydrogen) atoms. The average molecular weight is 342 g/mol. The molecule has 0 radical (unpaired) electrons. The number of benzene rings is 1. The van der Waals surface area contributed by atoms with Crippen LogP contribution < -0.4 is 4.90 Å². The van der Waals surface area contributed by atoms with E-state index in [0.29, 0.717) is 37.6 Å². The maximum Gasteiger partial charge on any atom is 0.288 e. The van der Waals surface area contributed by atoms with E-state index in [1.807, 2.05) is 6.92 Å². The Hall–Kier alpha value is -1.70. The maximum atomic E-state index is 12.7. The lowest BCUT2D eigenvalue weighted by molar-refractivity contribution is -0.384. The van der Waals surface area contributed by atoms with E-state index in [9.17, 15) is 14.9 Å². The lowest BCUT2D eigenvalue weighted by Crippen LogP contribution is -2.50. The first-order valence-electron chi connectivity index (χ1n) is 7.37. The first-order chi connectivity index (χ1) is 10.8. The summed E-state index contributed by atoms with van der Waals surface area (Å²) in [5.74, 6) is -0.0834. The zero-order valence-electron chi connectivity index (χ0n) is 13.4. The highest BCUT2D eigenvalue weighted by Crippen LogP contribution is 2.32. The predicted octanol–water partition coefficient (Wildman–Crippen LogP) is 2.24. The number of anilines is 1. The smallest absolute Gasteiger partial charge is 0.288 e. The van der Waals surface area contributed by atoms with Crippen LogP contribution in [-0.4, -0.2) is 55.1 Å². The number of nitrogens with zero attached hydrogens (tertiary/aromatic N) is 3. The molecule has 0 bridgehead atoms. The van der Waals surface area contributed by atoms with Gasteiger partial charge in [-0.1, -0.05) is 11.6 Å². The van der Waals surface area contributed by atoms with Gasteiger partial charge in [-0.2, -0.15) is 0 Å². The SMILES string of the molecule is Cc1cc([N+](=O)[O-])c(Cl)cc1N(C)C(=O)C(C)N1CCOCC1. The molecule has 1 amide bonds. The Morgan fingerprint density at radius 3 is 2.61 bits per heavy atom. The van der Waals surface area contributed by atoms with Crippen LogP contribution in [0.5, 0.6) is 0 Å². The monoisotopic (exact) mass is 341 g/mol. The third-order valence-corrected chi connectivity index (χ3v) is 4.41. The Kier molecular flexibility index (Phi) is 5.56. The minimum atomic E-state index is -0.530. The first kappa shape index (κ1) is 17.7. The molecule has 1 fully saturated rings. The van der Waals surface area contributed by atoms with Crippen molar-refractivity contribution in [2.24, 2.45) is 0 Å². The number of aryl methyl sites for hydroxylation is 1. The fourth-order valence-electron chi connectivity index (χ4n) is 2.68. The van der Waals surface area contributed by atoms with E-state index < -0.39 is 4.92 Å². The van der Waals surface area contributed by atoms with Gasteiger partial charge in [-0.3, -0.25) is 19.8 Å². The van der Waals surface area contributed by atoms with Crippen LogP contribution in [0.15, 0.2) is 12.1 Å². The van der Waals surface area contributed by atoms with Crippen LogP contribution in [0.2, 0.25) is 5.02 Å². The molecule has 2 rings (SSSR count). The number of amides is 1. The summed E-state index contributed by atoms with van der Waals surface area (Å²) in [4.78, 5) is 26.7. The number of hydrogen-bond acceptors (Lipinski definition) is 5. The molecule has 1 atom stereocenters. The van der Waals surface area contributed by atoms with Crippen molar-refractivity contribution >= 4 is 28.9 Å². The van der Waals surface area contributed by atoms with Gasteiger partial charge in [-0.15, -0.1) is 0 Å². The van der Waals surface area contributed by atoms with Gasteiger partial charge in [-0.25, -0.2) is 0 Å². The van der Waals surface area contributed by atoms with Crippen molar-refractivity contribution in [3.05, 3.63) is 32.8 Å². The van der Waals surface area contributed by atoms with Crippen LogP contribution >= 0.6 is 11.6 Å². The molecule has 0 saturated carbocycles. The topological polar surface area (TPSA) is 75.9 Å². The van der Waals surface area contributed by atoms with E-state index in [1.54, 1.807) is 14.0 Å². The molecule has 1 aliphatic heterocycles. The van der Waals surface area contributed by atoms with Gasteiger partial charge < -0.3 is 9.64 Å². The predicted molar refractivity (Wildman–Crippen MR) is 88.1 cm³/mol. The standard InChI is InChI=1S/C15H20ClN3O4/c1-10-8-14(19(21)22)12(16)9-13(10)17(3)15(20)11(2)18-4-6-23-7-5-18/h8-9,11H,4-7H2,1-3H3. The van der Waals surface area contributed by atoms with Gasteiger partial charge in [0.05, 0.1) is 24.2 Å². The average Bonchev–Trinajstić information content (AvgIpc) is 2.55. The van der Waals surface area contributed by atoms with Crippen LogP contribution in [-0.2, 0) is 9.53 Å². The Morgan fingerprint density at radius 2 is 2.04 bits per heavy atom. The summed E-state index contributed by atoms with van der Waals surface area (Å²) in [6.45, 7) is 6.23. The van der Waals surface area contributed by atoms with Crippen LogP contribution in [0.3, 0.4) is 0 Å². The van der Waals surface area contributed by atoms with Crippen molar-refractivity contribution in [1.82, 2.24) is 4.90 Å². The molecule has 1 aromatic carbocycles. The first-order valence-corrected chi connectivity index (χ1v) is 7.74. The second-order valence-electron chi connectivity index (χ2n) is 5.57. The number of ether oxygens (including phenoxy) is 1. The second kappa shape index (κ2) is 7.25. The van der Waals surface area contributed by atoms with Crippen molar-refractivity contribution in [3.63, 3.8) is 0 Å². The summed E-state index contributed by atoms with van der Waals surface area (Å²) in [5, 5.41) is 10.9. The summed E-state index contributed by atoms with van der Waals surface area (Å²) < 4.78 is 5.30. The Bertz CT molecular complexity index is 617. The molecule has 1 unspecified atom stereocenters. The van der Waals surface area contributed by atoms with Gasteiger partial charge in [0.1, 0.15) is 5.02 Å². The highest BCUT2D eigenvalue weighted by molar-refractivity contribution is 6.33. The Labute approximate surface area is 139 Å². The fourth-order valence-corrected chi connectivity index (χ4v) is 2.90. The van der Waals surface area contributed by atoms with Gasteiger partial charge in [0.2, 0.25) is 5.91 Å². The molecular weight excluding hydrogens is 322 g/mol. The van der Waals surface area contributed by atoms with Crippen LogP contribution in [0.1, 0.15) is 12.5 Å². The molecule has 0 aromatic heterocycles. The van der Waals surface area contributed by atoms with E-state index in [4.69, 9.17) is 16.3 Å². The number of carbonyl (C=O) groups excluding carboxylic acids is 1. The molecule has 0 aliphatic carbocycles. The normalized spacial score (nSPS) is 16.9. The van der Waals surface area contributed by atoms with Gasteiger partial charge in [0, 0.05) is 31.9 Å². The summed E-state index contributed by atoms with van der Waals surface area (Å²) >= 11 is 5.97. The minimum absolute atomic E-state index is 0.0225. The number of nitro benzene ring substituents is 1. The third-order valence-electron chi connectivity index (χ3n) is 4.10. The maximum absolute atomic E-state index is 12.7. The number of halogens is 1. The second-order valence-corrected chi connectivity index (χ2v) is 5.98. The van der Waals surface area contributed by atoms with Gasteiger partial charge in [0.25, 0.3) is 5.69 Å². The Morgan fingerprint density at radius 1 is 1.43 bits per heavy atom. The summed E-state index contributed by atoms with van der Waals surface area (Å²) in [7, 11) is 1.66. The molecule has 1 aliphatic rings. The zero-order valence-corrected chi connectivity index (χ0v) is 14.2. The number of carbonyl (C=O) groups is 1. The molecule has 0 spiro atoms. The number of hydrogen-bond donors (Lipinski definition) is 0. The zero-order chi connectivity index (χ0) is 17.1. The van der Waals surface area contributed by atoms with Crippen molar-refractivity contribution < 1.29 is 14.5 Å². The number of rotatable bonds is 4. The van der Waals surface area contributed by atoms with E-state index in [0.717, 1.165) is 0 Å². The van der Waals surface area contributed by atoms with Crippen molar-refractivity contribution in [3.8, 4) is 0 Å². The number of morpholine rings is 1. The van der Waals surface area contributed by atoms with E-state index >= 15 is 0 Å². The van der Waals surface area contributed by atoms with Gasteiger partial charge >= 0.3 is 0 Å². The lowest BCUT2D eigenvalue weighted by atomic mass is 10.1. The highest BCUT2D eigenvalue weighted by atomic mass is 35.5. The van der Waals surface area contributed by atoms with Crippen LogP contribution in [0, 0.1) is 17.0 Å². The van der Waals surface area contributed by atoms with Crippen LogP contribution in [0.25, 0.3) is 0 Å². The summed E-state index contributed by atoms with van der Waals surface area (Å²) in [6, 6.07) is 2.57. The minimum Gasteiger partial charge on any atom is -0.379 e. The number of likely N-dealkylation sites (N-methyl/N-ethyl adjacent to an activating group) is 1. The van der Waals surface area contributed by atoms with Crippen molar-refractivity contribution in [2.45, 2.75) is 19.9 Å². The van der Waals surface area contributed by atoms with E-state index in [2.05, 4.69) is 4.90 Å². The summed E-state index contributed by atoms with van der Waals surface area (Å²) in [6.07, 6.45) is 0. The van der Waals surface area contributed by atoms with E-state index in [1.165, 1.54) is 17.0 Å². The van der Waals surface area contributed by atoms with Crippen LogP contribution in [0.4, 0.5) is 11.4 Å². The molecular formula is C15H20ClN3O4. The highest BCUT2D eigenvalue weighted by Gasteiger charge is 2.28. The van der Waals surface area contributed by atoms with Crippen molar-refractivity contribution in [1.29, 1.82) is 0 Å². The van der Waals surface area contributed by atoms with Gasteiger partial charge in [-0.05, 0) is 25.5 Å². The molecule has 1 saturated heterocycles. The molecule has 7 nitrogen and oxygen atoms in total. The van der Waals surface area contributed by atoms with Crippen molar-refractivity contribution in [2.75, 3.05) is 38.3 Å². The molecule has 8 heteroatoms. The Balaban J connectivity index is 2.22. The van der Waals surface area contributed by atoms with E-state index in [-0.39, 0.29) is 22.7 Å². The largest absolute Gasteiger partial charge is 0.379 e. The quantitative estimate of drug-likeness (QED) is 0.620. The summed E-state index contributed by atoms with van der Waals surface area (Å²) in [5.41, 5.74) is 1.05. The third kappa shape index (κ3) is 3.80.